The molecule has 0 atom stereocenters. The lowest BCUT2D eigenvalue weighted by Gasteiger charge is -2.12. The summed E-state index contributed by atoms with van der Waals surface area (Å²) in [6.07, 6.45) is 0. The third kappa shape index (κ3) is 4.39. The van der Waals surface area contributed by atoms with Crippen molar-refractivity contribution in [2.75, 3.05) is 0 Å². The Bertz CT molecular complexity index is 3180. The highest BCUT2D eigenvalue weighted by molar-refractivity contribution is 6.22. The lowest BCUT2D eigenvalue weighted by molar-refractivity contribution is 0.672. The largest absolute Gasteiger partial charge is 0.455 e. The van der Waals surface area contributed by atoms with Gasteiger partial charge in [-0.05, 0) is 52.2 Å². The molecule has 11 rings (SSSR count). The molecule has 242 valence electrons. The fourth-order valence-electron chi connectivity index (χ4n) is 7.67. The summed E-state index contributed by atoms with van der Waals surface area (Å²) < 4.78 is 13.3. The second kappa shape index (κ2) is 11.2. The molecule has 0 radical (unpaired) electrons. The molecule has 0 aliphatic heterocycles. The van der Waals surface area contributed by atoms with Gasteiger partial charge in [-0.25, -0.2) is 15.0 Å². The minimum Gasteiger partial charge on any atom is -0.455 e. The summed E-state index contributed by atoms with van der Waals surface area (Å²) in [7, 11) is 0. The van der Waals surface area contributed by atoms with E-state index in [1.807, 2.05) is 66.7 Å². The Labute approximate surface area is 297 Å². The summed E-state index contributed by atoms with van der Waals surface area (Å²) in [5.41, 5.74) is 8.18. The zero-order valence-electron chi connectivity index (χ0n) is 27.7. The molecule has 0 unspecified atom stereocenters. The maximum absolute atomic E-state index is 6.78. The molecule has 5 nitrogen and oxygen atoms in total. The first-order valence-corrected chi connectivity index (χ1v) is 17.4. The first-order chi connectivity index (χ1) is 25.8. The van der Waals surface area contributed by atoms with Crippen LogP contribution < -0.4 is 0 Å². The number of aromatic nitrogens is 3. The van der Waals surface area contributed by atoms with Gasteiger partial charge in [-0.1, -0.05) is 133 Å². The van der Waals surface area contributed by atoms with Crippen molar-refractivity contribution in [2.24, 2.45) is 0 Å². The molecule has 5 heteroatoms. The molecule has 0 fully saturated rings. The van der Waals surface area contributed by atoms with Gasteiger partial charge in [0, 0.05) is 49.0 Å². The average Bonchev–Trinajstić information content (AvgIpc) is 3.80. The van der Waals surface area contributed by atoms with Crippen LogP contribution in [0.15, 0.2) is 173 Å². The van der Waals surface area contributed by atoms with Crippen molar-refractivity contribution >= 4 is 65.4 Å². The second-order valence-corrected chi connectivity index (χ2v) is 13.1. The molecule has 0 N–H and O–H groups in total. The molecule has 0 amide bonds. The van der Waals surface area contributed by atoms with Crippen LogP contribution in [-0.4, -0.2) is 15.0 Å². The quantitative estimate of drug-likeness (QED) is 0.187. The highest BCUT2D eigenvalue weighted by Gasteiger charge is 2.23. The third-order valence-electron chi connectivity index (χ3n) is 10.1. The first-order valence-electron chi connectivity index (χ1n) is 17.4. The van der Waals surface area contributed by atoms with E-state index in [9.17, 15) is 0 Å². The minimum atomic E-state index is 0.573. The van der Waals surface area contributed by atoms with E-state index in [-0.39, 0.29) is 0 Å². The Hall–Kier alpha value is -7.11. The number of para-hydroxylation sites is 1. The summed E-state index contributed by atoms with van der Waals surface area (Å²) in [5.74, 6) is 1.74. The van der Waals surface area contributed by atoms with E-state index in [4.69, 9.17) is 23.8 Å². The van der Waals surface area contributed by atoms with Crippen molar-refractivity contribution in [3.05, 3.63) is 164 Å². The SMILES string of the molecule is c1ccc(-c2ccc3c(c2)oc2c4ccccc4cc(-c4nc(-c5ccccc5)nc(-c5cc6ccccc6c6oc7ccccc7c56)n4)c32)cc1. The molecular formula is C47H27N3O2. The van der Waals surface area contributed by atoms with Gasteiger partial charge < -0.3 is 8.83 Å². The number of fused-ring (bicyclic) bond motifs is 10. The number of rotatable bonds is 4. The Balaban J connectivity index is 1.24. The third-order valence-corrected chi connectivity index (χ3v) is 10.1. The monoisotopic (exact) mass is 665 g/mol. The Morgan fingerprint density at radius 1 is 0.327 bits per heavy atom. The standard InChI is InChI=1S/C47H27N3O2/c1-3-13-28(14-4-1)30-23-24-36-40(27-30)52-44-34-20-10-8-18-32(34)26-38(42(36)44)47-49-45(29-15-5-2-6-16-29)48-46(50-47)37-25-31-17-7-9-19-33(31)43-41(37)35-21-11-12-22-39(35)51-43/h1-27H. The zero-order chi connectivity index (χ0) is 34.2. The van der Waals surface area contributed by atoms with Gasteiger partial charge in [0.15, 0.2) is 17.5 Å². The van der Waals surface area contributed by atoms with Gasteiger partial charge >= 0.3 is 0 Å². The average molecular weight is 666 g/mol. The molecule has 0 spiro atoms. The number of nitrogens with zero attached hydrogens (tertiary/aromatic N) is 3. The van der Waals surface area contributed by atoms with Crippen LogP contribution in [0.5, 0.6) is 0 Å². The number of furan rings is 2. The molecule has 3 heterocycles. The minimum absolute atomic E-state index is 0.573. The molecule has 3 aromatic heterocycles. The Morgan fingerprint density at radius 2 is 0.808 bits per heavy atom. The van der Waals surface area contributed by atoms with E-state index >= 15 is 0 Å². The fourth-order valence-corrected chi connectivity index (χ4v) is 7.67. The number of benzene rings is 8. The molecule has 52 heavy (non-hydrogen) atoms. The van der Waals surface area contributed by atoms with E-state index in [1.54, 1.807) is 0 Å². The highest BCUT2D eigenvalue weighted by atomic mass is 16.3. The Kier molecular flexibility index (Phi) is 6.18. The van der Waals surface area contributed by atoms with Gasteiger partial charge in [0.05, 0.1) is 0 Å². The smallest absolute Gasteiger partial charge is 0.164 e. The molecule has 0 saturated carbocycles. The van der Waals surface area contributed by atoms with Crippen molar-refractivity contribution in [3.8, 4) is 45.3 Å². The van der Waals surface area contributed by atoms with Crippen LogP contribution in [0.1, 0.15) is 0 Å². The van der Waals surface area contributed by atoms with Crippen molar-refractivity contribution in [1.29, 1.82) is 0 Å². The van der Waals surface area contributed by atoms with Crippen molar-refractivity contribution < 1.29 is 8.83 Å². The van der Waals surface area contributed by atoms with E-state index in [1.165, 1.54) is 0 Å². The molecule has 0 bridgehead atoms. The fraction of sp³-hybridized carbons (Fsp3) is 0. The van der Waals surface area contributed by atoms with E-state index in [0.29, 0.717) is 17.5 Å². The van der Waals surface area contributed by atoms with Gasteiger partial charge in [0.25, 0.3) is 0 Å². The Morgan fingerprint density at radius 3 is 1.44 bits per heavy atom. The zero-order valence-corrected chi connectivity index (χ0v) is 27.7. The number of hydrogen-bond acceptors (Lipinski definition) is 5. The molecule has 0 saturated heterocycles. The normalized spacial score (nSPS) is 11.8. The topological polar surface area (TPSA) is 65.0 Å². The predicted molar refractivity (Wildman–Crippen MR) is 211 cm³/mol. The van der Waals surface area contributed by atoms with Gasteiger partial charge in [-0.3, -0.25) is 0 Å². The summed E-state index contributed by atoms with van der Waals surface area (Å²) in [6.45, 7) is 0. The summed E-state index contributed by atoms with van der Waals surface area (Å²) in [6, 6.07) is 56.2. The summed E-state index contributed by atoms with van der Waals surface area (Å²) in [4.78, 5) is 15.8. The molecular weight excluding hydrogens is 639 g/mol. The van der Waals surface area contributed by atoms with Crippen LogP contribution >= 0.6 is 0 Å². The van der Waals surface area contributed by atoms with E-state index in [0.717, 1.165) is 93.2 Å². The predicted octanol–water partition coefficient (Wildman–Crippen LogP) is 12.6. The summed E-state index contributed by atoms with van der Waals surface area (Å²) in [5, 5.41) is 8.17. The molecule has 11 aromatic rings. The van der Waals surface area contributed by atoms with Crippen molar-refractivity contribution in [1.82, 2.24) is 15.0 Å². The number of hydrogen-bond donors (Lipinski definition) is 0. The van der Waals surface area contributed by atoms with Crippen LogP contribution in [0.2, 0.25) is 0 Å². The maximum atomic E-state index is 6.78. The van der Waals surface area contributed by atoms with Gasteiger partial charge in [0.2, 0.25) is 0 Å². The van der Waals surface area contributed by atoms with E-state index < -0.39 is 0 Å². The van der Waals surface area contributed by atoms with Crippen molar-refractivity contribution in [3.63, 3.8) is 0 Å². The molecule has 0 aliphatic carbocycles. The molecule has 8 aromatic carbocycles. The van der Waals surface area contributed by atoms with Gasteiger partial charge in [-0.2, -0.15) is 0 Å². The second-order valence-electron chi connectivity index (χ2n) is 13.1. The van der Waals surface area contributed by atoms with Crippen LogP contribution in [0.4, 0.5) is 0 Å². The van der Waals surface area contributed by atoms with E-state index in [2.05, 4.69) is 97.1 Å². The lowest BCUT2D eigenvalue weighted by atomic mass is 9.98. The van der Waals surface area contributed by atoms with Crippen molar-refractivity contribution in [2.45, 2.75) is 0 Å². The van der Waals surface area contributed by atoms with Crippen LogP contribution in [0, 0.1) is 0 Å². The summed E-state index contributed by atoms with van der Waals surface area (Å²) >= 11 is 0. The first kappa shape index (κ1) is 28.7. The molecule has 0 aliphatic rings. The maximum Gasteiger partial charge on any atom is 0.164 e. The van der Waals surface area contributed by atoms with Gasteiger partial charge in [-0.15, -0.1) is 0 Å². The van der Waals surface area contributed by atoms with Crippen LogP contribution in [0.25, 0.3) is 111 Å². The van der Waals surface area contributed by atoms with Gasteiger partial charge in [0.1, 0.15) is 22.3 Å². The van der Waals surface area contributed by atoms with Crippen LogP contribution in [-0.2, 0) is 0 Å². The highest BCUT2D eigenvalue weighted by Crippen LogP contribution is 2.44. The van der Waals surface area contributed by atoms with Crippen LogP contribution in [0.3, 0.4) is 0 Å². The lowest BCUT2D eigenvalue weighted by Crippen LogP contribution is -2.01.